The van der Waals surface area contributed by atoms with Crippen LogP contribution in [0.1, 0.15) is 0 Å². The maximum absolute atomic E-state index is 13.4. The highest BCUT2D eigenvalue weighted by molar-refractivity contribution is 8.14. The molecule has 5 rings (SSSR count). The van der Waals surface area contributed by atoms with Gasteiger partial charge in [0.25, 0.3) is 0 Å². The molecule has 0 spiro atoms. The van der Waals surface area contributed by atoms with Crippen molar-refractivity contribution >= 4 is 40.1 Å². The summed E-state index contributed by atoms with van der Waals surface area (Å²) in [7, 11) is 3.23. The highest BCUT2D eigenvalue weighted by Gasteiger charge is 2.43. The predicted octanol–water partition coefficient (Wildman–Crippen LogP) is 1.54. The van der Waals surface area contributed by atoms with Crippen LogP contribution in [-0.2, 0) is 9.59 Å². The van der Waals surface area contributed by atoms with Crippen molar-refractivity contribution in [3.63, 3.8) is 0 Å². The number of hydrogen-bond donors (Lipinski definition) is 2. The van der Waals surface area contributed by atoms with Crippen molar-refractivity contribution in [3.05, 3.63) is 48.5 Å². The molecule has 2 aromatic carbocycles. The average Bonchev–Trinajstić information content (AvgIpc) is 3.41. The fourth-order valence-corrected chi connectivity index (χ4v) is 5.57. The number of methoxy groups -OCH3 is 2. The fraction of sp³-hybridized carbons (Fsp3) is 0.400. The van der Waals surface area contributed by atoms with Crippen molar-refractivity contribution in [2.24, 2.45) is 10.9 Å². The van der Waals surface area contributed by atoms with Gasteiger partial charge in [-0.15, -0.1) is 0 Å². The molecule has 2 fully saturated rings. The first-order valence-electron chi connectivity index (χ1n) is 11.9. The summed E-state index contributed by atoms with van der Waals surface area (Å²) in [6.45, 7) is 3.30. The number of nitrogens with one attached hydrogen (secondary N) is 2. The fourth-order valence-electron chi connectivity index (χ4n) is 4.63. The Kier molecular flexibility index (Phi) is 7.30. The summed E-state index contributed by atoms with van der Waals surface area (Å²) in [5.74, 6) is 1.25. The summed E-state index contributed by atoms with van der Waals surface area (Å²) in [5.41, 5.74) is 7.83. The number of carbonyl (C=O) groups excluding carboxylic acids is 2. The van der Waals surface area contributed by atoms with E-state index in [4.69, 9.17) is 14.5 Å². The third-order valence-corrected chi connectivity index (χ3v) is 7.59. The van der Waals surface area contributed by atoms with Crippen molar-refractivity contribution < 1.29 is 19.1 Å². The normalized spacial score (nSPS) is 21.8. The van der Waals surface area contributed by atoms with Crippen LogP contribution in [0.4, 0.5) is 11.4 Å². The molecule has 3 heterocycles. The van der Waals surface area contributed by atoms with Gasteiger partial charge in [0, 0.05) is 38.4 Å². The summed E-state index contributed by atoms with van der Waals surface area (Å²) in [4.78, 5) is 37.0. The van der Waals surface area contributed by atoms with Crippen molar-refractivity contribution in [1.29, 1.82) is 0 Å². The number of nitrogens with zero attached hydrogens (tertiary/aromatic N) is 4. The highest BCUT2D eigenvalue weighted by Crippen LogP contribution is 2.35. The van der Waals surface area contributed by atoms with E-state index < -0.39 is 0 Å². The van der Waals surface area contributed by atoms with Gasteiger partial charge in [0.1, 0.15) is 17.7 Å². The summed E-state index contributed by atoms with van der Waals surface area (Å²) < 4.78 is 10.7. The second-order valence-electron chi connectivity index (χ2n) is 8.69. The van der Waals surface area contributed by atoms with Gasteiger partial charge in [-0.05, 0) is 36.4 Å². The molecule has 0 aliphatic carbocycles. The molecule has 10 nitrogen and oxygen atoms in total. The van der Waals surface area contributed by atoms with Gasteiger partial charge in [0.05, 0.1) is 31.6 Å². The first-order valence-corrected chi connectivity index (χ1v) is 12.9. The van der Waals surface area contributed by atoms with Crippen LogP contribution >= 0.6 is 11.8 Å². The number of benzene rings is 2. The van der Waals surface area contributed by atoms with Gasteiger partial charge in [0.2, 0.25) is 11.8 Å². The SMILES string of the molecule is COc1ccc(N2CCN(C(=O)CSC3=NC4NNCC4C(=O)N3c3ccccc3OC)CC2)cc1. The maximum Gasteiger partial charge on any atom is 0.241 e. The van der Waals surface area contributed by atoms with Crippen molar-refractivity contribution in [1.82, 2.24) is 15.8 Å². The van der Waals surface area contributed by atoms with Crippen molar-refractivity contribution in [2.45, 2.75) is 6.17 Å². The van der Waals surface area contributed by atoms with Gasteiger partial charge in [-0.25, -0.2) is 10.4 Å². The largest absolute Gasteiger partial charge is 0.497 e. The summed E-state index contributed by atoms with van der Waals surface area (Å²) in [6.07, 6.45) is -0.353. The minimum Gasteiger partial charge on any atom is -0.497 e. The Morgan fingerprint density at radius 1 is 1.06 bits per heavy atom. The van der Waals surface area contributed by atoms with Crippen LogP contribution in [0.3, 0.4) is 0 Å². The molecule has 0 bridgehead atoms. The number of thioether (sulfide) groups is 1. The molecular weight excluding hydrogens is 480 g/mol. The first-order chi connectivity index (χ1) is 17.6. The Morgan fingerprint density at radius 3 is 2.53 bits per heavy atom. The minimum atomic E-state index is -0.353. The van der Waals surface area contributed by atoms with Gasteiger partial charge < -0.3 is 19.3 Å². The quantitative estimate of drug-likeness (QED) is 0.604. The second kappa shape index (κ2) is 10.8. The molecule has 2 aromatic rings. The molecule has 0 saturated carbocycles. The van der Waals surface area contributed by atoms with E-state index in [9.17, 15) is 9.59 Å². The van der Waals surface area contributed by atoms with E-state index in [1.54, 1.807) is 19.1 Å². The molecule has 2 amide bonds. The molecule has 2 N–H and O–H groups in total. The Balaban J connectivity index is 1.25. The van der Waals surface area contributed by atoms with Gasteiger partial charge in [-0.1, -0.05) is 23.9 Å². The number of anilines is 2. The maximum atomic E-state index is 13.4. The Labute approximate surface area is 214 Å². The zero-order chi connectivity index (χ0) is 25.1. The van der Waals surface area contributed by atoms with E-state index in [2.05, 4.69) is 15.8 Å². The standard InChI is InChI=1S/C25H30N6O4S/c1-34-18-9-7-17(8-10-18)29-11-13-30(14-12-29)22(32)16-36-25-27-23-19(15-26-28-23)24(33)31(25)20-5-3-4-6-21(20)35-2/h3-10,19,23,26,28H,11-16H2,1-2H3. The number of para-hydroxylation sites is 2. The molecule has 2 unspecified atom stereocenters. The van der Waals surface area contributed by atoms with E-state index in [0.717, 1.165) is 24.5 Å². The van der Waals surface area contributed by atoms with E-state index in [1.165, 1.54) is 11.8 Å². The Bertz CT molecular complexity index is 1140. The van der Waals surface area contributed by atoms with E-state index >= 15 is 0 Å². The molecule has 0 radical (unpaired) electrons. The lowest BCUT2D eigenvalue weighted by molar-refractivity contribution is -0.128. The van der Waals surface area contributed by atoms with Gasteiger partial charge in [0.15, 0.2) is 5.17 Å². The number of hydrazine groups is 1. The lowest BCUT2D eigenvalue weighted by Crippen LogP contribution is -2.51. The highest BCUT2D eigenvalue weighted by atomic mass is 32.2. The average molecular weight is 511 g/mol. The van der Waals surface area contributed by atoms with E-state index in [1.807, 2.05) is 53.4 Å². The van der Waals surface area contributed by atoms with Gasteiger partial charge in [-0.2, -0.15) is 0 Å². The Morgan fingerprint density at radius 2 is 1.81 bits per heavy atom. The van der Waals surface area contributed by atoms with E-state index in [-0.39, 0.29) is 29.7 Å². The smallest absolute Gasteiger partial charge is 0.241 e. The van der Waals surface area contributed by atoms with Crippen LogP contribution in [0.15, 0.2) is 53.5 Å². The first kappa shape index (κ1) is 24.4. The van der Waals surface area contributed by atoms with E-state index in [0.29, 0.717) is 36.2 Å². The summed E-state index contributed by atoms with van der Waals surface area (Å²) >= 11 is 1.29. The second-order valence-corrected chi connectivity index (χ2v) is 9.63. The lowest BCUT2D eigenvalue weighted by Gasteiger charge is -2.36. The number of rotatable bonds is 6. The van der Waals surface area contributed by atoms with Crippen LogP contribution in [0.2, 0.25) is 0 Å². The number of amides is 2. The third kappa shape index (κ3) is 4.86. The zero-order valence-corrected chi connectivity index (χ0v) is 21.2. The molecule has 36 heavy (non-hydrogen) atoms. The van der Waals surface area contributed by atoms with Gasteiger partial charge >= 0.3 is 0 Å². The molecule has 3 aliphatic rings. The Hall–Kier alpha value is -3.28. The number of piperazine rings is 1. The molecule has 11 heteroatoms. The number of hydrogen-bond acceptors (Lipinski definition) is 9. The number of amidine groups is 1. The van der Waals surface area contributed by atoms with Crippen molar-refractivity contribution in [2.75, 3.05) is 62.5 Å². The van der Waals surface area contributed by atoms with Crippen molar-refractivity contribution in [3.8, 4) is 11.5 Å². The number of aliphatic imine (C=N–C) groups is 1. The summed E-state index contributed by atoms with van der Waals surface area (Å²) in [6, 6.07) is 15.3. The molecule has 190 valence electrons. The minimum absolute atomic E-state index is 0.0316. The molecular formula is C25H30N6O4S. The van der Waals surface area contributed by atoms with Crippen LogP contribution in [-0.4, -0.2) is 80.7 Å². The summed E-state index contributed by atoms with van der Waals surface area (Å²) in [5, 5.41) is 0.493. The molecule has 3 aliphatic heterocycles. The van der Waals surface area contributed by atoms with Gasteiger partial charge in [-0.3, -0.25) is 19.9 Å². The zero-order valence-electron chi connectivity index (χ0n) is 20.3. The lowest BCUT2D eigenvalue weighted by atomic mass is 10.0. The topological polar surface area (TPSA) is 98.7 Å². The molecule has 2 atom stereocenters. The monoisotopic (exact) mass is 510 g/mol. The van der Waals surface area contributed by atoms with Crippen LogP contribution in [0, 0.1) is 5.92 Å². The van der Waals surface area contributed by atoms with Crippen LogP contribution in [0.5, 0.6) is 11.5 Å². The number of ether oxygens (including phenoxy) is 2. The van der Waals surface area contributed by atoms with Crippen LogP contribution < -0.4 is 30.1 Å². The predicted molar refractivity (Wildman–Crippen MR) is 141 cm³/mol. The third-order valence-electron chi connectivity index (χ3n) is 6.65. The number of carbonyl (C=O) groups is 2. The molecule has 2 saturated heterocycles. The number of fused-ring (bicyclic) bond motifs is 1. The van der Waals surface area contributed by atoms with Crippen LogP contribution in [0.25, 0.3) is 0 Å². The molecule has 0 aromatic heterocycles.